The van der Waals surface area contributed by atoms with Crippen molar-refractivity contribution < 1.29 is 4.74 Å². The van der Waals surface area contributed by atoms with E-state index in [1.165, 1.54) is 11.1 Å². The molecular weight excluding hydrogens is 258 g/mol. The first-order valence-electron chi connectivity index (χ1n) is 7.43. The fourth-order valence-electron chi connectivity index (χ4n) is 2.10. The minimum absolute atomic E-state index is 0.0870. The maximum Gasteiger partial charge on any atom is 0.131 e. The summed E-state index contributed by atoms with van der Waals surface area (Å²) in [6, 6.07) is 14.4. The van der Waals surface area contributed by atoms with Gasteiger partial charge in [0.25, 0.3) is 0 Å². The smallest absolute Gasteiger partial charge is 0.131 e. The van der Waals surface area contributed by atoms with Gasteiger partial charge in [0.1, 0.15) is 11.5 Å². The Balaban J connectivity index is 2.25. The second kappa shape index (κ2) is 6.31. The van der Waals surface area contributed by atoms with Crippen LogP contribution >= 0.6 is 0 Å². The summed E-state index contributed by atoms with van der Waals surface area (Å²) in [4.78, 5) is 0. The fourth-order valence-corrected chi connectivity index (χ4v) is 2.10. The highest BCUT2D eigenvalue weighted by molar-refractivity contribution is 5.42. The lowest BCUT2D eigenvalue weighted by Gasteiger charge is -2.22. The molecule has 0 saturated heterocycles. The number of nitrogens with one attached hydrogen (secondary N) is 1. The predicted molar refractivity (Wildman–Crippen MR) is 89.0 cm³/mol. The van der Waals surface area contributed by atoms with Crippen LogP contribution in [0.15, 0.2) is 42.5 Å². The first kappa shape index (κ1) is 15.6. The molecule has 0 aliphatic rings. The van der Waals surface area contributed by atoms with E-state index in [1.807, 2.05) is 18.2 Å². The molecule has 0 fully saturated rings. The summed E-state index contributed by atoms with van der Waals surface area (Å²) in [7, 11) is 0. The zero-order valence-corrected chi connectivity index (χ0v) is 13.7. The van der Waals surface area contributed by atoms with Gasteiger partial charge in [-0.05, 0) is 52.3 Å². The fraction of sp³-hybridized carbons (Fsp3) is 0.368. The van der Waals surface area contributed by atoms with Gasteiger partial charge in [0.05, 0.1) is 0 Å². The van der Waals surface area contributed by atoms with E-state index < -0.39 is 0 Å². The van der Waals surface area contributed by atoms with E-state index in [-0.39, 0.29) is 5.54 Å². The van der Waals surface area contributed by atoms with Crippen molar-refractivity contribution in [2.75, 3.05) is 0 Å². The topological polar surface area (TPSA) is 21.3 Å². The van der Waals surface area contributed by atoms with Crippen molar-refractivity contribution >= 4 is 0 Å². The first-order chi connectivity index (χ1) is 9.85. The van der Waals surface area contributed by atoms with E-state index in [0.29, 0.717) is 0 Å². The zero-order valence-electron chi connectivity index (χ0n) is 13.7. The van der Waals surface area contributed by atoms with Crippen molar-refractivity contribution in [3.8, 4) is 11.5 Å². The molecule has 112 valence electrons. The molecule has 0 aliphatic heterocycles. The SMILES string of the molecule is Cc1ccc(Oc2ccccc2C)c(CNC(C)(C)C)c1. The van der Waals surface area contributed by atoms with Gasteiger partial charge in [-0.2, -0.15) is 0 Å². The van der Waals surface area contributed by atoms with Crippen LogP contribution in [-0.2, 0) is 6.54 Å². The number of ether oxygens (including phenoxy) is 1. The molecule has 0 spiro atoms. The van der Waals surface area contributed by atoms with Crippen LogP contribution in [-0.4, -0.2) is 5.54 Å². The number of benzene rings is 2. The summed E-state index contributed by atoms with van der Waals surface area (Å²) in [5.74, 6) is 1.84. The summed E-state index contributed by atoms with van der Waals surface area (Å²) in [6.45, 7) is 11.5. The van der Waals surface area contributed by atoms with Gasteiger partial charge in [0.15, 0.2) is 0 Å². The predicted octanol–water partition coefficient (Wildman–Crippen LogP) is 4.98. The first-order valence-corrected chi connectivity index (χ1v) is 7.43. The Kier molecular flexibility index (Phi) is 4.69. The van der Waals surface area contributed by atoms with Gasteiger partial charge >= 0.3 is 0 Å². The monoisotopic (exact) mass is 283 g/mol. The van der Waals surface area contributed by atoms with E-state index in [4.69, 9.17) is 4.74 Å². The lowest BCUT2D eigenvalue weighted by Crippen LogP contribution is -2.35. The molecule has 0 atom stereocenters. The molecule has 0 aliphatic carbocycles. The molecule has 2 heteroatoms. The van der Waals surface area contributed by atoms with Gasteiger partial charge in [0, 0.05) is 17.6 Å². The number of aryl methyl sites for hydroxylation is 2. The molecule has 0 bridgehead atoms. The quantitative estimate of drug-likeness (QED) is 0.854. The molecule has 2 aromatic carbocycles. The van der Waals surface area contributed by atoms with Crippen molar-refractivity contribution in [2.24, 2.45) is 0 Å². The second-order valence-corrected chi connectivity index (χ2v) is 6.58. The standard InChI is InChI=1S/C19H25NO/c1-14-10-11-18(16(12-14)13-20-19(3,4)5)21-17-9-7-6-8-15(17)2/h6-12,20H,13H2,1-5H3. The Labute approximate surface area is 128 Å². The lowest BCUT2D eigenvalue weighted by atomic mass is 10.1. The van der Waals surface area contributed by atoms with Crippen molar-refractivity contribution in [1.82, 2.24) is 5.32 Å². The molecule has 21 heavy (non-hydrogen) atoms. The van der Waals surface area contributed by atoms with Crippen LogP contribution in [0.3, 0.4) is 0 Å². The van der Waals surface area contributed by atoms with Crippen LogP contribution in [0.4, 0.5) is 0 Å². The van der Waals surface area contributed by atoms with Gasteiger partial charge in [-0.25, -0.2) is 0 Å². The molecule has 2 aromatic rings. The van der Waals surface area contributed by atoms with Crippen LogP contribution < -0.4 is 10.1 Å². The largest absolute Gasteiger partial charge is 0.457 e. The molecule has 0 radical (unpaired) electrons. The number of rotatable bonds is 4. The molecular formula is C19H25NO. The summed E-state index contributed by atoms with van der Waals surface area (Å²) >= 11 is 0. The molecule has 0 aromatic heterocycles. The number of hydrogen-bond donors (Lipinski definition) is 1. The molecule has 0 heterocycles. The van der Waals surface area contributed by atoms with Gasteiger partial charge in [0.2, 0.25) is 0 Å². The molecule has 0 unspecified atom stereocenters. The molecule has 1 N–H and O–H groups in total. The number of para-hydroxylation sites is 1. The van der Waals surface area contributed by atoms with Crippen LogP contribution in [0.25, 0.3) is 0 Å². The highest BCUT2D eigenvalue weighted by Crippen LogP contribution is 2.28. The minimum Gasteiger partial charge on any atom is -0.457 e. The zero-order chi connectivity index (χ0) is 15.5. The Morgan fingerprint density at radius 1 is 0.952 bits per heavy atom. The summed E-state index contributed by atoms with van der Waals surface area (Å²) in [6.07, 6.45) is 0. The molecule has 0 amide bonds. The van der Waals surface area contributed by atoms with E-state index in [1.54, 1.807) is 0 Å². The minimum atomic E-state index is 0.0870. The van der Waals surface area contributed by atoms with Crippen LogP contribution in [0.1, 0.15) is 37.5 Å². The summed E-state index contributed by atoms with van der Waals surface area (Å²) in [5.41, 5.74) is 3.67. The van der Waals surface area contributed by atoms with Crippen LogP contribution in [0, 0.1) is 13.8 Å². The normalized spacial score (nSPS) is 11.5. The third-order valence-electron chi connectivity index (χ3n) is 3.34. The Bertz CT molecular complexity index is 611. The highest BCUT2D eigenvalue weighted by Gasteiger charge is 2.12. The highest BCUT2D eigenvalue weighted by atomic mass is 16.5. The average molecular weight is 283 g/mol. The Morgan fingerprint density at radius 2 is 1.67 bits per heavy atom. The van der Waals surface area contributed by atoms with Crippen molar-refractivity contribution in [3.63, 3.8) is 0 Å². The van der Waals surface area contributed by atoms with Crippen LogP contribution in [0.2, 0.25) is 0 Å². The number of hydrogen-bond acceptors (Lipinski definition) is 2. The van der Waals surface area contributed by atoms with E-state index >= 15 is 0 Å². The van der Waals surface area contributed by atoms with Gasteiger partial charge < -0.3 is 10.1 Å². The van der Waals surface area contributed by atoms with Gasteiger partial charge in [-0.3, -0.25) is 0 Å². The Morgan fingerprint density at radius 3 is 2.33 bits per heavy atom. The third kappa shape index (κ3) is 4.61. The summed E-state index contributed by atoms with van der Waals surface area (Å²) < 4.78 is 6.12. The van der Waals surface area contributed by atoms with Crippen LogP contribution in [0.5, 0.6) is 11.5 Å². The third-order valence-corrected chi connectivity index (χ3v) is 3.34. The molecule has 2 nitrogen and oxygen atoms in total. The summed E-state index contributed by atoms with van der Waals surface area (Å²) in [5, 5.41) is 3.53. The van der Waals surface area contributed by atoms with E-state index in [0.717, 1.165) is 23.6 Å². The lowest BCUT2D eigenvalue weighted by molar-refractivity contribution is 0.413. The van der Waals surface area contributed by atoms with Gasteiger partial charge in [-0.15, -0.1) is 0 Å². The second-order valence-electron chi connectivity index (χ2n) is 6.58. The van der Waals surface area contributed by atoms with Crippen molar-refractivity contribution in [3.05, 3.63) is 59.2 Å². The van der Waals surface area contributed by atoms with E-state index in [2.05, 4.69) is 64.2 Å². The van der Waals surface area contributed by atoms with Crippen molar-refractivity contribution in [1.29, 1.82) is 0 Å². The van der Waals surface area contributed by atoms with E-state index in [9.17, 15) is 0 Å². The molecule has 2 rings (SSSR count). The average Bonchev–Trinajstić information content (AvgIpc) is 2.40. The maximum atomic E-state index is 6.12. The maximum absolute atomic E-state index is 6.12. The van der Waals surface area contributed by atoms with Crippen molar-refractivity contribution in [2.45, 2.75) is 46.7 Å². The molecule has 0 saturated carbocycles. The Hall–Kier alpha value is -1.80. The van der Waals surface area contributed by atoms with Gasteiger partial charge in [-0.1, -0.05) is 35.9 Å².